The van der Waals surface area contributed by atoms with Crippen LogP contribution in [0.3, 0.4) is 0 Å². The van der Waals surface area contributed by atoms with E-state index in [1.807, 2.05) is 4.90 Å². The first-order chi connectivity index (χ1) is 10.8. The second-order valence-electron chi connectivity index (χ2n) is 6.33. The molecule has 1 aliphatic heterocycles. The Morgan fingerprint density at radius 1 is 1.30 bits per heavy atom. The maximum atomic E-state index is 12.8. The van der Waals surface area contributed by atoms with Gasteiger partial charge in [0.05, 0.1) is 0 Å². The van der Waals surface area contributed by atoms with Crippen molar-refractivity contribution < 1.29 is 23.1 Å². The molecule has 1 saturated carbocycles. The first kappa shape index (κ1) is 15.9. The number of alkyl halides is 3. The van der Waals surface area contributed by atoms with Crippen LogP contribution in [0.25, 0.3) is 0 Å². The van der Waals surface area contributed by atoms with Gasteiger partial charge in [-0.05, 0) is 42.7 Å². The number of fused-ring (bicyclic) bond motifs is 1. The summed E-state index contributed by atoms with van der Waals surface area (Å²) in [5, 5.41) is 11.0. The number of rotatable bonds is 3. The standard InChI is InChI=1S/C15H18F3N3O2/c16-15(17,18)12-2-1-3-13(20-12)21-7-10-4-9(5-11(10)8-21)6-19-14(22)23/h1-3,9-11,19H,4-8H2,(H,22,23)/t9?,10-,11+. The summed E-state index contributed by atoms with van der Waals surface area (Å²) in [6.45, 7) is 1.81. The van der Waals surface area contributed by atoms with Gasteiger partial charge in [-0.3, -0.25) is 0 Å². The van der Waals surface area contributed by atoms with Crippen LogP contribution in [0.1, 0.15) is 18.5 Å². The van der Waals surface area contributed by atoms with Gasteiger partial charge in [0.15, 0.2) is 0 Å². The van der Waals surface area contributed by atoms with Crippen LogP contribution in [0.4, 0.5) is 23.8 Å². The maximum absolute atomic E-state index is 12.8. The molecule has 3 atom stereocenters. The normalized spacial score (nSPS) is 27.1. The van der Waals surface area contributed by atoms with Crippen LogP contribution >= 0.6 is 0 Å². The van der Waals surface area contributed by atoms with E-state index < -0.39 is 18.0 Å². The SMILES string of the molecule is O=C(O)NCC1C[C@@H]2CN(c3cccc(C(F)(F)F)n3)C[C@@H]2C1. The molecule has 1 amide bonds. The predicted octanol–water partition coefficient (Wildman–Crippen LogP) is 2.83. The molecule has 0 bridgehead atoms. The van der Waals surface area contributed by atoms with Crippen molar-refractivity contribution in [2.24, 2.45) is 17.8 Å². The van der Waals surface area contributed by atoms with Crippen molar-refractivity contribution in [2.45, 2.75) is 19.0 Å². The highest BCUT2D eigenvalue weighted by Crippen LogP contribution is 2.42. The van der Waals surface area contributed by atoms with E-state index in [4.69, 9.17) is 5.11 Å². The summed E-state index contributed by atoms with van der Waals surface area (Å²) in [5.74, 6) is 1.48. The summed E-state index contributed by atoms with van der Waals surface area (Å²) in [6.07, 6.45) is -3.64. The molecular formula is C15H18F3N3O2. The lowest BCUT2D eigenvalue weighted by Gasteiger charge is -2.21. The van der Waals surface area contributed by atoms with E-state index in [0.29, 0.717) is 43.2 Å². The van der Waals surface area contributed by atoms with Crippen LogP contribution < -0.4 is 10.2 Å². The second-order valence-corrected chi connectivity index (χ2v) is 6.33. The number of hydrogen-bond acceptors (Lipinski definition) is 3. The molecule has 1 aromatic rings. The van der Waals surface area contributed by atoms with E-state index in [2.05, 4.69) is 10.3 Å². The summed E-state index contributed by atoms with van der Waals surface area (Å²) in [6, 6.07) is 3.98. The van der Waals surface area contributed by atoms with Crippen molar-refractivity contribution in [3.05, 3.63) is 23.9 Å². The van der Waals surface area contributed by atoms with E-state index in [1.54, 1.807) is 6.07 Å². The van der Waals surface area contributed by atoms with E-state index >= 15 is 0 Å². The number of halogens is 3. The van der Waals surface area contributed by atoms with Gasteiger partial charge in [-0.15, -0.1) is 0 Å². The number of carbonyl (C=O) groups is 1. The Bertz CT molecular complexity index is 580. The Morgan fingerprint density at radius 3 is 2.52 bits per heavy atom. The lowest BCUT2D eigenvalue weighted by Crippen LogP contribution is -2.28. The Kier molecular flexibility index (Phi) is 4.08. The number of pyridine rings is 1. The first-order valence-corrected chi connectivity index (χ1v) is 7.59. The maximum Gasteiger partial charge on any atom is 0.433 e. The summed E-state index contributed by atoms with van der Waals surface area (Å²) in [7, 11) is 0. The lowest BCUT2D eigenvalue weighted by molar-refractivity contribution is -0.141. The molecule has 1 unspecified atom stereocenters. The third-order valence-corrected chi connectivity index (χ3v) is 4.74. The second kappa shape index (κ2) is 5.90. The Hall–Kier alpha value is -1.99. The minimum atomic E-state index is -4.43. The molecule has 1 aromatic heterocycles. The van der Waals surface area contributed by atoms with Gasteiger partial charge in [-0.1, -0.05) is 6.07 Å². The minimum absolute atomic E-state index is 0.317. The smallest absolute Gasteiger partial charge is 0.433 e. The van der Waals surface area contributed by atoms with Crippen molar-refractivity contribution in [3.63, 3.8) is 0 Å². The van der Waals surface area contributed by atoms with Crippen LogP contribution in [-0.4, -0.2) is 35.8 Å². The Morgan fingerprint density at radius 2 is 1.96 bits per heavy atom. The Labute approximate surface area is 131 Å². The molecule has 1 aliphatic carbocycles. The van der Waals surface area contributed by atoms with E-state index in [1.165, 1.54) is 6.07 Å². The fourth-order valence-electron chi connectivity index (χ4n) is 3.77. The third kappa shape index (κ3) is 3.51. The molecule has 2 heterocycles. The molecule has 1 saturated heterocycles. The lowest BCUT2D eigenvalue weighted by atomic mass is 10.0. The van der Waals surface area contributed by atoms with Gasteiger partial charge in [-0.2, -0.15) is 13.2 Å². The van der Waals surface area contributed by atoms with Crippen molar-refractivity contribution in [2.75, 3.05) is 24.5 Å². The summed E-state index contributed by atoms with van der Waals surface area (Å²) in [5.41, 5.74) is -0.865. The Balaban J connectivity index is 1.61. The number of hydrogen-bond donors (Lipinski definition) is 2. The number of nitrogens with zero attached hydrogens (tertiary/aromatic N) is 2. The minimum Gasteiger partial charge on any atom is -0.465 e. The predicted molar refractivity (Wildman–Crippen MR) is 77.2 cm³/mol. The van der Waals surface area contributed by atoms with Crippen molar-refractivity contribution >= 4 is 11.9 Å². The number of amides is 1. The third-order valence-electron chi connectivity index (χ3n) is 4.74. The van der Waals surface area contributed by atoms with E-state index in [0.717, 1.165) is 18.9 Å². The molecule has 8 heteroatoms. The molecule has 2 fully saturated rings. The molecule has 2 N–H and O–H groups in total. The van der Waals surface area contributed by atoms with E-state index in [-0.39, 0.29) is 0 Å². The quantitative estimate of drug-likeness (QED) is 0.895. The fourth-order valence-corrected chi connectivity index (χ4v) is 3.77. The van der Waals surface area contributed by atoms with E-state index in [9.17, 15) is 18.0 Å². The van der Waals surface area contributed by atoms with Crippen LogP contribution in [0, 0.1) is 17.8 Å². The van der Waals surface area contributed by atoms with Gasteiger partial charge in [-0.25, -0.2) is 9.78 Å². The monoisotopic (exact) mass is 329 g/mol. The molecule has 0 radical (unpaired) electrons. The van der Waals surface area contributed by atoms with Crippen LogP contribution in [0.15, 0.2) is 18.2 Å². The highest BCUT2D eigenvalue weighted by Gasteiger charge is 2.41. The van der Waals surface area contributed by atoms with Gasteiger partial charge < -0.3 is 15.3 Å². The highest BCUT2D eigenvalue weighted by atomic mass is 19.4. The fraction of sp³-hybridized carbons (Fsp3) is 0.600. The summed E-state index contributed by atoms with van der Waals surface area (Å²) < 4.78 is 38.3. The number of anilines is 1. The molecule has 3 rings (SSSR count). The van der Waals surface area contributed by atoms with Gasteiger partial charge in [0.2, 0.25) is 0 Å². The van der Waals surface area contributed by atoms with Crippen LogP contribution in [-0.2, 0) is 6.18 Å². The molecule has 0 aromatic carbocycles. The first-order valence-electron chi connectivity index (χ1n) is 7.59. The van der Waals surface area contributed by atoms with Crippen LogP contribution in [0.5, 0.6) is 0 Å². The zero-order chi connectivity index (χ0) is 16.6. The molecule has 2 aliphatic rings. The molecule has 23 heavy (non-hydrogen) atoms. The molecule has 0 spiro atoms. The largest absolute Gasteiger partial charge is 0.465 e. The summed E-state index contributed by atoms with van der Waals surface area (Å²) in [4.78, 5) is 16.2. The topological polar surface area (TPSA) is 65.5 Å². The van der Waals surface area contributed by atoms with Gasteiger partial charge >= 0.3 is 12.3 Å². The van der Waals surface area contributed by atoms with Crippen molar-refractivity contribution in [3.8, 4) is 0 Å². The summed E-state index contributed by atoms with van der Waals surface area (Å²) >= 11 is 0. The number of carboxylic acid groups (broad SMARTS) is 1. The molecule has 5 nitrogen and oxygen atoms in total. The van der Waals surface area contributed by atoms with Crippen LogP contribution in [0.2, 0.25) is 0 Å². The zero-order valence-corrected chi connectivity index (χ0v) is 12.4. The highest BCUT2D eigenvalue weighted by molar-refractivity contribution is 5.64. The van der Waals surface area contributed by atoms with Gasteiger partial charge in [0.1, 0.15) is 11.5 Å². The van der Waals surface area contributed by atoms with Crippen molar-refractivity contribution in [1.29, 1.82) is 0 Å². The molecule has 126 valence electrons. The average molecular weight is 329 g/mol. The molecular weight excluding hydrogens is 311 g/mol. The zero-order valence-electron chi connectivity index (χ0n) is 12.4. The van der Waals surface area contributed by atoms with Gasteiger partial charge in [0.25, 0.3) is 0 Å². The van der Waals surface area contributed by atoms with Gasteiger partial charge in [0, 0.05) is 19.6 Å². The van der Waals surface area contributed by atoms with Crippen molar-refractivity contribution in [1.82, 2.24) is 10.3 Å². The average Bonchev–Trinajstić information content (AvgIpc) is 3.02. The number of aromatic nitrogens is 1. The number of nitrogens with one attached hydrogen (secondary N) is 1.